The molecule has 1 N–H and O–H groups in total. The number of hydrogen-bond donors (Lipinski definition) is 1. The van der Waals surface area contributed by atoms with Crippen LogP contribution >= 0.6 is 0 Å². The van der Waals surface area contributed by atoms with Crippen LogP contribution in [0.5, 0.6) is 0 Å². The molecule has 3 rings (SSSR count). The van der Waals surface area contributed by atoms with Gasteiger partial charge in [-0.25, -0.2) is 4.98 Å². The molecule has 1 aromatic carbocycles. The lowest BCUT2D eigenvalue weighted by atomic mass is 10.0. The second-order valence-electron chi connectivity index (χ2n) is 5.88. The van der Waals surface area contributed by atoms with E-state index in [0.29, 0.717) is 12.0 Å². The largest absolute Gasteiger partial charge is 0.329 e. The van der Waals surface area contributed by atoms with E-state index in [0.717, 1.165) is 0 Å². The summed E-state index contributed by atoms with van der Waals surface area (Å²) in [6, 6.07) is 11.3. The van der Waals surface area contributed by atoms with Crippen LogP contribution in [0, 0.1) is 0 Å². The number of aromatic nitrogens is 2. The highest BCUT2D eigenvalue weighted by Gasteiger charge is 2.41. The first-order chi connectivity index (χ1) is 9.13. The molecule has 1 heterocycles. The summed E-state index contributed by atoms with van der Waals surface area (Å²) in [7, 11) is 2.00. The Morgan fingerprint density at radius 3 is 2.68 bits per heavy atom. The van der Waals surface area contributed by atoms with Gasteiger partial charge >= 0.3 is 0 Å². The Morgan fingerprint density at radius 1 is 1.26 bits per heavy atom. The number of nitrogens with zero attached hydrogens (tertiary/aromatic N) is 2. The van der Waals surface area contributed by atoms with Crippen molar-refractivity contribution in [3.63, 3.8) is 0 Å². The predicted octanol–water partition coefficient (Wildman–Crippen LogP) is 3.07. The van der Waals surface area contributed by atoms with Crippen molar-refractivity contribution in [3.8, 4) is 0 Å². The molecule has 1 aliphatic rings. The average molecular weight is 255 g/mol. The minimum absolute atomic E-state index is 0.0413. The Bertz CT molecular complexity index is 556. The van der Waals surface area contributed by atoms with E-state index < -0.39 is 0 Å². The lowest BCUT2D eigenvalue weighted by Crippen LogP contribution is -2.35. The smallest absolute Gasteiger partial charge is 0.0951 e. The van der Waals surface area contributed by atoms with E-state index in [1.165, 1.54) is 17.7 Å². The second kappa shape index (κ2) is 4.49. The molecule has 0 bridgehead atoms. The highest BCUT2D eigenvalue weighted by atomic mass is 15.1. The summed E-state index contributed by atoms with van der Waals surface area (Å²) in [5, 5.41) is 3.36. The Kier molecular flexibility index (Phi) is 2.94. The summed E-state index contributed by atoms with van der Waals surface area (Å²) in [4.78, 5) is 4.35. The molecule has 0 radical (unpaired) electrons. The van der Waals surface area contributed by atoms with Gasteiger partial charge in [-0.1, -0.05) is 30.3 Å². The molecule has 1 saturated carbocycles. The summed E-state index contributed by atoms with van der Waals surface area (Å²) in [5.74, 6) is 0.641. The molecule has 19 heavy (non-hydrogen) atoms. The van der Waals surface area contributed by atoms with Crippen LogP contribution in [0.15, 0.2) is 42.9 Å². The minimum Gasteiger partial charge on any atom is -0.329 e. The first-order valence-electron chi connectivity index (χ1n) is 6.89. The fourth-order valence-electron chi connectivity index (χ4n) is 2.73. The summed E-state index contributed by atoms with van der Waals surface area (Å²) >= 11 is 0. The van der Waals surface area contributed by atoms with Crippen molar-refractivity contribution in [2.75, 3.05) is 7.05 Å². The number of imidazole rings is 1. The van der Waals surface area contributed by atoms with Gasteiger partial charge in [0.25, 0.3) is 0 Å². The van der Waals surface area contributed by atoms with Crippen molar-refractivity contribution in [1.29, 1.82) is 0 Å². The second-order valence-corrected chi connectivity index (χ2v) is 5.88. The topological polar surface area (TPSA) is 29.9 Å². The van der Waals surface area contributed by atoms with Crippen LogP contribution in [0.2, 0.25) is 0 Å². The number of benzene rings is 1. The Morgan fingerprint density at radius 2 is 2.00 bits per heavy atom. The highest BCUT2D eigenvalue weighted by Crippen LogP contribution is 2.52. The summed E-state index contributed by atoms with van der Waals surface area (Å²) in [5.41, 5.74) is 2.66. The molecule has 0 spiro atoms. The first kappa shape index (κ1) is 12.4. The molecule has 0 saturated heterocycles. The van der Waals surface area contributed by atoms with Crippen molar-refractivity contribution in [2.24, 2.45) is 0 Å². The van der Waals surface area contributed by atoms with Gasteiger partial charge in [-0.05, 0) is 32.9 Å². The molecular formula is C16H21N3. The molecular weight excluding hydrogens is 234 g/mol. The highest BCUT2D eigenvalue weighted by molar-refractivity contribution is 5.28. The van der Waals surface area contributed by atoms with Crippen molar-refractivity contribution in [2.45, 2.75) is 37.8 Å². The van der Waals surface area contributed by atoms with Crippen LogP contribution in [0.3, 0.4) is 0 Å². The zero-order valence-corrected chi connectivity index (χ0v) is 11.8. The van der Waals surface area contributed by atoms with Gasteiger partial charge in [0.15, 0.2) is 0 Å². The Balaban J connectivity index is 1.85. The van der Waals surface area contributed by atoms with E-state index in [4.69, 9.17) is 0 Å². The van der Waals surface area contributed by atoms with Gasteiger partial charge in [0.2, 0.25) is 0 Å². The molecule has 0 amide bonds. The third-order valence-electron chi connectivity index (χ3n) is 4.27. The van der Waals surface area contributed by atoms with Crippen LogP contribution in [0.1, 0.15) is 43.5 Å². The van der Waals surface area contributed by atoms with E-state index in [9.17, 15) is 0 Å². The van der Waals surface area contributed by atoms with Gasteiger partial charge in [0.05, 0.1) is 23.8 Å². The van der Waals surface area contributed by atoms with Gasteiger partial charge < -0.3 is 9.88 Å². The molecule has 3 heteroatoms. The molecule has 2 aromatic rings. The summed E-state index contributed by atoms with van der Waals surface area (Å²) in [6.07, 6.45) is 5.17. The predicted molar refractivity (Wildman–Crippen MR) is 77.1 cm³/mol. The molecule has 1 aromatic heterocycles. The van der Waals surface area contributed by atoms with E-state index >= 15 is 0 Å². The fraction of sp³-hybridized carbons (Fsp3) is 0.438. The lowest BCUT2D eigenvalue weighted by molar-refractivity contribution is 0.408. The quantitative estimate of drug-likeness (QED) is 0.910. The zero-order valence-electron chi connectivity index (χ0n) is 11.8. The monoisotopic (exact) mass is 255 g/mol. The molecule has 100 valence electrons. The minimum atomic E-state index is -0.0413. The first-order valence-corrected chi connectivity index (χ1v) is 6.89. The maximum atomic E-state index is 4.35. The molecule has 2 atom stereocenters. The van der Waals surface area contributed by atoms with Crippen molar-refractivity contribution in [1.82, 2.24) is 14.9 Å². The van der Waals surface area contributed by atoms with Gasteiger partial charge in [-0.3, -0.25) is 0 Å². The van der Waals surface area contributed by atoms with Gasteiger partial charge in [-0.15, -0.1) is 0 Å². The number of rotatable bonds is 4. The van der Waals surface area contributed by atoms with Crippen molar-refractivity contribution >= 4 is 0 Å². The average Bonchev–Trinajstić information content (AvgIpc) is 3.07. The Hall–Kier alpha value is -1.61. The molecule has 1 fully saturated rings. The normalized spacial score (nSPS) is 22.5. The molecule has 2 unspecified atom stereocenters. The molecule has 1 aliphatic carbocycles. The number of nitrogens with one attached hydrogen (secondary N) is 1. The van der Waals surface area contributed by atoms with E-state index in [-0.39, 0.29) is 5.54 Å². The van der Waals surface area contributed by atoms with E-state index in [1.807, 2.05) is 19.6 Å². The van der Waals surface area contributed by atoms with Crippen LogP contribution in [-0.4, -0.2) is 16.6 Å². The standard InChI is InChI=1S/C16H21N3/c1-16(2,17-3)15-10-18-11-19(15)14-9-13(14)12-7-5-4-6-8-12/h4-8,10-11,13-14,17H,9H2,1-3H3. The SMILES string of the molecule is CNC(C)(C)c1cncn1C1CC1c1ccccc1. The van der Waals surface area contributed by atoms with Crippen LogP contribution < -0.4 is 5.32 Å². The number of hydrogen-bond acceptors (Lipinski definition) is 2. The zero-order chi connectivity index (χ0) is 13.5. The maximum absolute atomic E-state index is 4.35. The van der Waals surface area contributed by atoms with Crippen LogP contribution in [-0.2, 0) is 5.54 Å². The Labute approximate surface area is 114 Å². The summed E-state index contributed by atoms with van der Waals surface area (Å²) < 4.78 is 2.34. The lowest BCUT2D eigenvalue weighted by Gasteiger charge is -2.25. The van der Waals surface area contributed by atoms with Crippen molar-refractivity contribution < 1.29 is 0 Å². The van der Waals surface area contributed by atoms with E-state index in [2.05, 4.69) is 59.0 Å². The van der Waals surface area contributed by atoms with Gasteiger partial charge in [0, 0.05) is 12.0 Å². The summed E-state index contributed by atoms with van der Waals surface area (Å²) in [6.45, 7) is 4.39. The fourth-order valence-corrected chi connectivity index (χ4v) is 2.73. The maximum Gasteiger partial charge on any atom is 0.0951 e. The molecule has 3 nitrogen and oxygen atoms in total. The van der Waals surface area contributed by atoms with E-state index in [1.54, 1.807) is 0 Å². The third kappa shape index (κ3) is 2.19. The van der Waals surface area contributed by atoms with Gasteiger partial charge in [0.1, 0.15) is 0 Å². The third-order valence-corrected chi connectivity index (χ3v) is 4.27. The van der Waals surface area contributed by atoms with Crippen LogP contribution in [0.4, 0.5) is 0 Å². The van der Waals surface area contributed by atoms with Crippen LogP contribution in [0.25, 0.3) is 0 Å². The van der Waals surface area contributed by atoms with Gasteiger partial charge in [-0.2, -0.15) is 0 Å². The van der Waals surface area contributed by atoms with Crippen molar-refractivity contribution in [3.05, 3.63) is 54.1 Å². The molecule has 0 aliphatic heterocycles.